The quantitative estimate of drug-likeness (QED) is 0.843. The van der Waals surface area contributed by atoms with Crippen LogP contribution in [0.25, 0.3) is 0 Å². The Morgan fingerprint density at radius 3 is 2.47 bits per heavy atom. The summed E-state index contributed by atoms with van der Waals surface area (Å²) in [6.07, 6.45) is 0.270. The van der Waals surface area contributed by atoms with Crippen LogP contribution in [-0.4, -0.2) is 23.3 Å². The van der Waals surface area contributed by atoms with E-state index in [1.54, 1.807) is 13.8 Å². The lowest BCUT2D eigenvalue weighted by Crippen LogP contribution is -2.38. The number of benzene rings is 1. The zero-order valence-corrected chi connectivity index (χ0v) is 11.6. The van der Waals surface area contributed by atoms with Gasteiger partial charge >= 0.3 is 0 Å². The molecule has 2 N–H and O–H groups in total. The fourth-order valence-electron chi connectivity index (χ4n) is 2.51. The van der Waals surface area contributed by atoms with Crippen molar-refractivity contribution < 1.29 is 9.59 Å². The van der Waals surface area contributed by atoms with Gasteiger partial charge in [0.15, 0.2) is 0 Å². The van der Waals surface area contributed by atoms with Crippen LogP contribution >= 0.6 is 0 Å². The molecule has 0 bridgehead atoms. The third-order valence-electron chi connectivity index (χ3n) is 3.69. The van der Waals surface area contributed by atoms with Crippen LogP contribution in [0.15, 0.2) is 24.3 Å². The average Bonchev–Trinajstić information content (AvgIpc) is 2.52. The Hall–Kier alpha value is -1.68. The van der Waals surface area contributed by atoms with E-state index < -0.39 is 5.41 Å². The summed E-state index contributed by atoms with van der Waals surface area (Å²) in [4.78, 5) is 25.3. The Labute approximate surface area is 113 Å². The first kappa shape index (κ1) is 13.7. The van der Waals surface area contributed by atoms with Crippen LogP contribution in [-0.2, 0) is 9.59 Å². The number of hydrogen-bond donors (Lipinski definition) is 1. The third kappa shape index (κ3) is 2.54. The highest BCUT2D eigenvalue weighted by atomic mass is 16.2. The van der Waals surface area contributed by atoms with E-state index in [9.17, 15) is 9.59 Å². The highest BCUT2D eigenvalue weighted by molar-refractivity contribution is 6.05. The Balaban J connectivity index is 2.16. The van der Waals surface area contributed by atoms with E-state index in [0.29, 0.717) is 0 Å². The van der Waals surface area contributed by atoms with Gasteiger partial charge in [-0.2, -0.15) is 0 Å². The highest BCUT2D eigenvalue weighted by Crippen LogP contribution is 2.32. The lowest BCUT2D eigenvalue weighted by Gasteiger charge is -2.22. The SMILES string of the molecule is Cc1ccccc1C(N)CN1C(=O)CC(C)(C)C1=O. The van der Waals surface area contributed by atoms with Gasteiger partial charge in [-0.15, -0.1) is 0 Å². The van der Waals surface area contributed by atoms with Crippen LogP contribution in [0.3, 0.4) is 0 Å². The zero-order chi connectivity index (χ0) is 14.2. The molecule has 1 atom stereocenters. The fourth-order valence-corrected chi connectivity index (χ4v) is 2.51. The van der Waals surface area contributed by atoms with E-state index in [1.165, 1.54) is 4.90 Å². The molecule has 1 aliphatic heterocycles. The van der Waals surface area contributed by atoms with Gasteiger partial charge in [0.2, 0.25) is 11.8 Å². The van der Waals surface area contributed by atoms with Crippen LogP contribution in [0.2, 0.25) is 0 Å². The lowest BCUT2D eigenvalue weighted by molar-refractivity contribution is -0.141. The number of amides is 2. The second-order valence-corrected chi connectivity index (χ2v) is 5.83. The van der Waals surface area contributed by atoms with E-state index in [-0.39, 0.29) is 30.8 Å². The van der Waals surface area contributed by atoms with Crippen LogP contribution < -0.4 is 5.73 Å². The monoisotopic (exact) mass is 260 g/mol. The van der Waals surface area contributed by atoms with E-state index in [4.69, 9.17) is 5.73 Å². The highest BCUT2D eigenvalue weighted by Gasteiger charge is 2.45. The predicted molar refractivity (Wildman–Crippen MR) is 73.2 cm³/mol. The first-order valence-corrected chi connectivity index (χ1v) is 6.49. The summed E-state index contributed by atoms with van der Waals surface area (Å²) in [6, 6.07) is 7.45. The molecular formula is C15H20N2O2. The van der Waals surface area contributed by atoms with Gasteiger partial charge in [-0.1, -0.05) is 38.1 Å². The number of aryl methyl sites for hydroxylation is 1. The minimum Gasteiger partial charge on any atom is -0.322 e. The standard InChI is InChI=1S/C15H20N2O2/c1-10-6-4-5-7-11(10)12(16)9-17-13(18)8-15(2,3)14(17)19/h4-7,12H,8-9,16H2,1-3H3. The molecule has 2 rings (SSSR count). The molecule has 1 unspecified atom stereocenters. The number of nitrogens with zero attached hydrogens (tertiary/aromatic N) is 1. The van der Waals surface area contributed by atoms with Gasteiger partial charge in [0.1, 0.15) is 0 Å². The maximum atomic E-state index is 12.1. The number of carbonyl (C=O) groups is 2. The molecule has 2 amide bonds. The smallest absolute Gasteiger partial charge is 0.235 e. The van der Waals surface area contributed by atoms with Crippen molar-refractivity contribution in [3.05, 3.63) is 35.4 Å². The normalized spacial score (nSPS) is 19.9. The third-order valence-corrected chi connectivity index (χ3v) is 3.69. The average molecular weight is 260 g/mol. The van der Waals surface area contributed by atoms with Crippen LogP contribution in [0.1, 0.15) is 37.4 Å². The van der Waals surface area contributed by atoms with E-state index in [1.807, 2.05) is 31.2 Å². The van der Waals surface area contributed by atoms with Gasteiger partial charge in [0.25, 0.3) is 0 Å². The summed E-state index contributed by atoms with van der Waals surface area (Å²) in [5.41, 5.74) is 7.60. The van der Waals surface area contributed by atoms with Crippen molar-refractivity contribution in [2.45, 2.75) is 33.2 Å². The molecule has 19 heavy (non-hydrogen) atoms. The molecule has 0 spiro atoms. The first-order chi connectivity index (χ1) is 8.83. The van der Waals surface area contributed by atoms with Gasteiger partial charge < -0.3 is 5.73 Å². The topological polar surface area (TPSA) is 63.4 Å². The molecule has 1 aliphatic rings. The fraction of sp³-hybridized carbons (Fsp3) is 0.467. The second kappa shape index (κ2) is 4.78. The molecule has 1 fully saturated rings. The van der Waals surface area contributed by atoms with Gasteiger partial charge in [0, 0.05) is 19.0 Å². The van der Waals surface area contributed by atoms with Crippen molar-refractivity contribution in [3.8, 4) is 0 Å². The summed E-state index contributed by atoms with van der Waals surface area (Å²) < 4.78 is 0. The Morgan fingerprint density at radius 2 is 1.95 bits per heavy atom. The summed E-state index contributed by atoms with van der Waals surface area (Å²) in [5.74, 6) is -0.249. The Bertz CT molecular complexity index is 523. The van der Waals surface area contributed by atoms with Gasteiger partial charge in [-0.05, 0) is 18.1 Å². The van der Waals surface area contributed by atoms with Crippen LogP contribution in [0.4, 0.5) is 0 Å². The molecule has 1 heterocycles. The molecule has 102 valence electrons. The molecular weight excluding hydrogens is 240 g/mol. The Kier molecular flexibility index (Phi) is 3.45. The number of likely N-dealkylation sites (tertiary alicyclic amines) is 1. The first-order valence-electron chi connectivity index (χ1n) is 6.49. The maximum absolute atomic E-state index is 12.1. The van der Waals surface area contributed by atoms with E-state index in [2.05, 4.69) is 0 Å². The molecule has 0 saturated carbocycles. The minimum atomic E-state index is -0.595. The van der Waals surface area contributed by atoms with Crippen LogP contribution in [0.5, 0.6) is 0 Å². The van der Waals surface area contributed by atoms with E-state index in [0.717, 1.165) is 11.1 Å². The number of imide groups is 1. The number of carbonyl (C=O) groups excluding carboxylic acids is 2. The molecule has 0 aliphatic carbocycles. The van der Waals surface area contributed by atoms with Gasteiger partial charge in [-0.25, -0.2) is 0 Å². The molecule has 4 nitrogen and oxygen atoms in total. The largest absolute Gasteiger partial charge is 0.322 e. The van der Waals surface area contributed by atoms with E-state index >= 15 is 0 Å². The zero-order valence-electron chi connectivity index (χ0n) is 11.6. The molecule has 0 aromatic heterocycles. The van der Waals surface area contributed by atoms with Crippen molar-refractivity contribution in [1.29, 1.82) is 0 Å². The molecule has 1 aromatic carbocycles. The maximum Gasteiger partial charge on any atom is 0.235 e. The number of nitrogens with two attached hydrogens (primary N) is 1. The summed E-state index contributed by atoms with van der Waals surface area (Å²) in [7, 11) is 0. The van der Waals surface area contributed by atoms with Crippen molar-refractivity contribution in [1.82, 2.24) is 4.90 Å². The summed E-state index contributed by atoms with van der Waals surface area (Å²) in [6.45, 7) is 5.83. The minimum absolute atomic E-state index is 0.124. The van der Waals surface area contributed by atoms with Crippen molar-refractivity contribution >= 4 is 11.8 Å². The molecule has 0 radical (unpaired) electrons. The van der Waals surface area contributed by atoms with Crippen molar-refractivity contribution in [2.75, 3.05) is 6.54 Å². The van der Waals surface area contributed by atoms with Crippen LogP contribution in [0, 0.1) is 12.3 Å². The summed E-state index contributed by atoms with van der Waals surface area (Å²) >= 11 is 0. The van der Waals surface area contributed by atoms with Crippen molar-refractivity contribution in [2.24, 2.45) is 11.1 Å². The van der Waals surface area contributed by atoms with Gasteiger partial charge in [-0.3, -0.25) is 14.5 Å². The molecule has 4 heteroatoms. The summed E-state index contributed by atoms with van der Waals surface area (Å²) in [5, 5.41) is 0. The van der Waals surface area contributed by atoms with Crippen molar-refractivity contribution in [3.63, 3.8) is 0 Å². The Morgan fingerprint density at radius 1 is 1.32 bits per heavy atom. The lowest BCUT2D eigenvalue weighted by atomic mass is 9.92. The number of rotatable bonds is 3. The molecule has 1 aromatic rings. The second-order valence-electron chi connectivity index (χ2n) is 5.83. The number of hydrogen-bond acceptors (Lipinski definition) is 3. The van der Waals surface area contributed by atoms with Gasteiger partial charge in [0.05, 0.1) is 5.41 Å². The molecule has 1 saturated heterocycles. The predicted octanol–water partition coefficient (Wildman–Crippen LogP) is 1.78.